The van der Waals surface area contributed by atoms with E-state index in [0.29, 0.717) is 6.42 Å². The number of hydrogen-bond donors (Lipinski definition) is 1. The van der Waals surface area contributed by atoms with Crippen LogP contribution in [0.25, 0.3) is 0 Å². The summed E-state index contributed by atoms with van der Waals surface area (Å²) in [5, 5.41) is 3.24. The van der Waals surface area contributed by atoms with Crippen LogP contribution < -0.4 is 5.32 Å². The van der Waals surface area contributed by atoms with Crippen LogP contribution in [0, 0.1) is 0 Å². The molecule has 1 amide bonds. The molecule has 6 heteroatoms. The van der Waals surface area contributed by atoms with Crippen LogP contribution in [-0.2, 0) is 14.6 Å². The van der Waals surface area contributed by atoms with E-state index in [1.165, 1.54) is 6.26 Å². The Balaban J connectivity index is 2.97. The zero-order valence-electron chi connectivity index (χ0n) is 12.1. The minimum atomic E-state index is -3.20. The molecule has 1 saturated heterocycles. The first-order valence-corrected chi connectivity index (χ1v) is 8.12. The average molecular weight is 276 g/mol. The number of carbonyl (C=O) groups is 1. The lowest BCUT2D eigenvalue weighted by atomic mass is 9.99. The third-order valence-electron chi connectivity index (χ3n) is 3.99. The van der Waals surface area contributed by atoms with Crippen molar-refractivity contribution in [2.75, 3.05) is 12.8 Å². The van der Waals surface area contributed by atoms with Gasteiger partial charge in [0.1, 0.15) is 0 Å². The number of hydrogen-bond acceptors (Lipinski definition) is 4. The van der Waals surface area contributed by atoms with Crippen LogP contribution in [0.4, 0.5) is 0 Å². The molecule has 0 bridgehead atoms. The lowest BCUT2D eigenvalue weighted by Crippen LogP contribution is -2.48. The predicted octanol–water partition coefficient (Wildman–Crippen LogP) is 0.756. The van der Waals surface area contributed by atoms with Gasteiger partial charge in [0.15, 0.2) is 9.84 Å². The first kappa shape index (κ1) is 15.4. The number of sulfone groups is 1. The van der Waals surface area contributed by atoms with Gasteiger partial charge in [0, 0.05) is 12.8 Å². The van der Waals surface area contributed by atoms with Crippen LogP contribution >= 0.6 is 0 Å². The molecule has 0 spiro atoms. The molecule has 1 aliphatic rings. The van der Waals surface area contributed by atoms with E-state index in [2.05, 4.69) is 5.32 Å². The third kappa shape index (κ3) is 2.54. The molecule has 5 nitrogen and oxygen atoms in total. The molecule has 0 aliphatic carbocycles. The Bertz CT molecular complexity index is 444. The molecule has 0 saturated carbocycles. The summed E-state index contributed by atoms with van der Waals surface area (Å²) >= 11 is 0. The molecule has 0 radical (unpaired) electrons. The molecule has 0 aromatic heterocycles. The molecule has 1 heterocycles. The molecular weight excluding hydrogens is 252 g/mol. The molecule has 1 N–H and O–H groups in total. The average Bonchev–Trinajstić information content (AvgIpc) is 2.41. The maximum atomic E-state index is 12.3. The first-order chi connectivity index (χ1) is 7.94. The maximum Gasteiger partial charge on any atom is 0.243 e. The van der Waals surface area contributed by atoms with Crippen LogP contribution in [0.3, 0.4) is 0 Å². The zero-order chi connectivity index (χ0) is 14.4. The van der Waals surface area contributed by atoms with Crippen molar-refractivity contribution in [2.24, 2.45) is 0 Å². The van der Waals surface area contributed by atoms with Gasteiger partial charge in [-0.1, -0.05) is 6.92 Å². The highest BCUT2D eigenvalue weighted by Crippen LogP contribution is 2.27. The van der Waals surface area contributed by atoms with E-state index in [1.54, 1.807) is 18.7 Å². The van der Waals surface area contributed by atoms with Crippen molar-refractivity contribution in [3.8, 4) is 0 Å². The number of nitrogens with zero attached hydrogens (tertiary/aromatic N) is 1. The Hall–Kier alpha value is -0.620. The van der Waals surface area contributed by atoms with Gasteiger partial charge >= 0.3 is 0 Å². The van der Waals surface area contributed by atoms with Crippen molar-refractivity contribution >= 4 is 15.7 Å². The van der Waals surface area contributed by atoms with E-state index in [1.807, 2.05) is 20.8 Å². The highest BCUT2D eigenvalue weighted by atomic mass is 32.2. The number of amides is 1. The minimum absolute atomic E-state index is 0.0192. The minimum Gasteiger partial charge on any atom is -0.324 e. The fraction of sp³-hybridized carbons (Fsp3) is 0.917. The number of carbonyl (C=O) groups excluding carboxylic acids is 1. The van der Waals surface area contributed by atoms with Crippen LogP contribution in [0.5, 0.6) is 0 Å². The van der Waals surface area contributed by atoms with Crippen molar-refractivity contribution in [3.05, 3.63) is 0 Å². The molecule has 2 unspecified atom stereocenters. The highest BCUT2D eigenvalue weighted by molar-refractivity contribution is 7.92. The molecule has 1 aliphatic heterocycles. The van der Waals surface area contributed by atoms with Gasteiger partial charge < -0.3 is 4.90 Å². The van der Waals surface area contributed by atoms with E-state index >= 15 is 0 Å². The zero-order valence-corrected chi connectivity index (χ0v) is 12.9. The van der Waals surface area contributed by atoms with Gasteiger partial charge in [-0.05, 0) is 34.1 Å². The summed E-state index contributed by atoms with van der Waals surface area (Å²) in [7, 11) is -3.20. The van der Waals surface area contributed by atoms with Gasteiger partial charge in [-0.3, -0.25) is 10.1 Å². The lowest BCUT2D eigenvalue weighted by molar-refractivity contribution is -0.133. The standard InChI is InChI=1S/C12H24N2O3S/c1-7-12(5)10(15)14(9(2)13-12)8-11(3,4)18(6,16)17/h9,13H,7-8H2,1-6H3. The lowest BCUT2D eigenvalue weighted by Gasteiger charge is -2.31. The van der Waals surface area contributed by atoms with Crippen molar-refractivity contribution in [3.63, 3.8) is 0 Å². The largest absolute Gasteiger partial charge is 0.324 e. The number of nitrogens with one attached hydrogen (secondary N) is 1. The Morgan fingerprint density at radius 1 is 1.44 bits per heavy atom. The Kier molecular flexibility index (Phi) is 3.85. The van der Waals surface area contributed by atoms with Crippen LogP contribution in [0.15, 0.2) is 0 Å². The topological polar surface area (TPSA) is 66.5 Å². The summed E-state index contributed by atoms with van der Waals surface area (Å²) in [6.07, 6.45) is 1.76. The fourth-order valence-corrected chi connectivity index (χ4v) is 2.46. The number of rotatable bonds is 4. The van der Waals surface area contributed by atoms with E-state index < -0.39 is 20.1 Å². The smallest absolute Gasteiger partial charge is 0.243 e. The summed E-state index contributed by atoms with van der Waals surface area (Å²) in [6, 6.07) is 0. The van der Waals surface area contributed by atoms with E-state index in [0.717, 1.165) is 0 Å². The molecule has 1 fully saturated rings. The molecule has 106 valence electrons. The van der Waals surface area contributed by atoms with Gasteiger partial charge in [0.2, 0.25) is 5.91 Å². The molecule has 0 aromatic rings. The van der Waals surface area contributed by atoms with Gasteiger partial charge in [-0.15, -0.1) is 0 Å². The fourth-order valence-electron chi connectivity index (χ4n) is 2.08. The van der Waals surface area contributed by atoms with E-state index in [4.69, 9.17) is 0 Å². The van der Waals surface area contributed by atoms with Gasteiger partial charge in [0.25, 0.3) is 0 Å². The Morgan fingerprint density at radius 2 is 1.94 bits per heavy atom. The Labute approximate surface area is 110 Å². The monoisotopic (exact) mass is 276 g/mol. The first-order valence-electron chi connectivity index (χ1n) is 6.23. The van der Waals surface area contributed by atoms with E-state index in [-0.39, 0.29) is 18.6 Å². The third-order valence-corrected chi connectivity index (χ3v) is 6.13. The molecule has 18 heavy (non-hydrogen) atoms. The summed E-state index contributed by atoms with van der Waals surface area (Å²) in [5.74, 6) is -0.0192. The highest BCUT2D eigenvalue weighted by Gasteiger charge is 2.47. The predicted molar refractivity (Wildman–Crippen MR) is 71.9 cm³/mol. The van der Waals surface area contributed by atoms with Crippen molar-refractivity contribution in [2.45, 2.75) is 57.5 Å². The summed E-state index contributed by atoms with van der Waals surface area (Å²) in [5.41, 5.74) is -0.576. The Morgan fingerprint density at radius 3 is 2.28 bits per heavy atom. The normalized spacial score (nSPS) is 30.0. The summed E-state index contributed by atoms with van der Waals surface area (Å²) < 4.78 is 22.5. The summed E-state index contributed by atoms with van der Waals surface area (Å²) in [6.45, 7) is 9.22. The van der Waals surface area contributed by atoms with Gasteiger partial charge in [-0.25, -0.2) is 8.42 Å². The van der Waals surface area contributed by atoms with Crippen LogP contribution in [-0.4, -0.2) is 48.5 Å². The molecular formula is C12H24N2O3S. The van der Waals surface area contributed by atoms with Crippen molar-refractivity contribution in [1.82, 2.24) is 10.2 Å². The van der Waals surface area contributed by atoms with Gasteiger partial charge in [0.05, 0.1) is 16.5 Å². The van der Waals surface area contributed by atoms with Crippen molar-refractivity contribution < 1.29 is 13.2 Å². The quantitative estimate of drug-likeness (QED) is 0.823. The van der Waals surface area contributed by atoms with Crippen LogP contribution in [0.1, 0.15) is 41.0 Å². The maximum absolute atomic E-state index is 12.3. The van der Waals surface area contributed by atoms with E-state index in [9.17, 15) is 13.2 Å². The van der Waals surface area contributed by atoms with Crippen LogP contribution in [0.2, 0.25) is 0 Å². The summed E-state index contributed by atoms with van der Waals surface area (Å²) in [4.78, 5) is 14.0. The second kappa shape index (κ2) is 4.49. The molecule has 0 aromatic carbocycles. The van der Waals surface area contributed by atoms with Crippen molar-refractivity contribution in [1.29, 1.82) is 0 Å². The van der Waals surface area contributed by atoms with Gasteiger partial charge in [-0.2, -0.15) is 0 Å². The second-order valence-electron chi connectivity index (χ2n) is 5.97. The second-order valence-corrected chi connectivity index (χ2v) is 8.62. The molecule has 1 rings (SSSR count). The molecule has 2 atom stereocenters. The SMILES string of the molecule is CCC1(C)NC(C)N(CC(C)(C)S(C)(=O)=O)C1=O.